The monoisotopic (exact) mass is 356 g/mol. The summed E-state index contributed by atoms with van der Waals surface area (Å²) in [7, 11) is 1.86. The summed E-state index contributed by atoms with van der Waals surface area (Å²) in [6.45, 7) is 4.78. The molecule has 2 atom stereocenters. The van der Waals surface area contributed by atoms with Gasteiger partial charge in [-0.15, -0.1) is 0 Å². The molecular formula is C21H28N2O3. The maximum atomic E-state index is 13.2. The predicted molar refractivity (Wildman–Crippen MR) is 99.0 cm³/mol. The van der Waals surface area contributed by atoms with Crippen LogP contribution in [-0.2, 0) is 22.4 Å². The summed E-state index contributed by atoms with van der Waals surface area (Å²) in [5.74, 6) is 0.834. The van der Waals surface area contributed by atoms with Gasteiger partial charge in [0.05, 0.1) is 5.92 Å². The van der Waals surface area contributed by atoms with Gasteiger partial charge in [0.15, 0.2) is 5.60 Å². The highest BCUT2D eigenvalue weighted by Crippen LogP contribution is 2.31. The highest BCUT2D eigenvalue weighted by molar-refractivity contribution is 5.87. The van der Waals surface area contributed by atoms with Crippen molar-refractivity contribution in [2.24, 2.45) is 5.92 Å². The van der Waals surface area contributed by atoms with E-state index in [0.717, 1.165) is 31.4 Å². The number of ether oxygens (including phenoxy) is 1. The molecular weight excluding hydrogens is 328 g/mol. The number of aryl methyl sites for hydroxylation is 2. The molecule has 1 aromatic carbocycles. The average molecular weight is 356 g/mol. The molecule has 0 spiro atoms. The molecule has 0 N–H and O–H groups in total. The molecule has 3 heterocycles. The third kappa shape index (κ3) is 2.97. The van der Waals surface area contributed by atoms with Gasteiger partial charge in [0, 0.05) is 26.2 Å². The zero-order valence-corrected chi connectivity index (χ0v) is 16.0. The van der Waals surface area contributed by atoms with Crippen LogP contribution >= 0.6 is 0 Å². The van der Waals surface area contributed by atoms with Crippen molar-refractivity contribution in [1.82, 2.24) is 9.80 Å². The highest BCUT2D eigenvalue weighted by atomic mass is 16.5. The Morgan fingerprint density at radius 1 is 1.15 bits per heavy atom. The van der Waals surface area contributed by atoms with Crippen molar-refractivity contribution in [3.63, 3.8) is 0 Å². The zero-order valence-electron chi connectivity index (χ0n) is 16.0. The predicted octanol–water partition coefficient (Wildman–Crippen LogP) is 2.41. The van der Waals surface area contributed by atoms with Gasteiger partial charge in [0.25, 0.3) is 5.91 Å². The van der Waals surface area contributed by atoms with Crippen molar-refractivity contribution in [2.45, 2.75) is 57.6 Å². The van der Waals surface area contributed by atoms with E-state index in [4.69, 9.17) is 4.74 Å². The first-order chi connectivity index (χ1) is 12.3. The number of hydrogen-bond acceptors (Lipinski definition) is 3. The van der Waals surface area contributed by atoms with Crippen LogP contribution < -0.4 is 4.74 Å². The molecule has 5 heteroatoms. The topological polar surface area (TPSA) is 49.9 Å². The summed E-state index contributed by atoms with van der Waals surface area (Å²) in [4.78, 5) is 29.3. The number of rotatable bonds is 3. The summed E-state index contributed by atoms with van der Waals surface area (Å²) in [5.41, 5.74) is 1.79. The van der Waals surface area contributed by atoms with Crippen molar-refractivity contribution in [1.29, 1.82) is 0 Å². The van der Waals surface area contributed by atoms with Gasteiger partial charge < -0.3 is 14.5 Å². The van der Waals surface area contributed by atoms with Crippen molar-refractivity contribution in [3.8, 4) is 5.75 Å². The Hall–Kier alpha value is -2.04. The van der Waals surface area contributed by atoms with Gasteiger partial charge in [-0.3, -0.25) is 9.59 Å². The van der Waals surface area contributed by atoms with Gasteiger partial charge in [-0.25, -0.2) is 0 Å². The van der Waals surface area contributed by atoms with Crippen molar-refractivity contribution < 1.29 is 14.3 Å². The Morgan fingerprint density at radius 2 is 1.92 bits per heavy atom. The number of amides is 2. The number of likely N-dealkylation sites (N-methyl/N-ethyl adjacent to an activating group) is 1. The first kappa shape index (κ1) is 17.4. The molecule has 26 heavy (non-hydrogen) atoms. The maximum absolute atomic E-state index is 13.2. The molecule has 5 nitrogen and oxygen atoms in total. The second kappa shape index (κ2) is 6.29. The minimum absolute atomic E-state index is 0.0296. The van der Waals surface area contributed by atoms with Crippen LogP contribution in [0.4, 0.5) is 0 Å². The van der Waals surface area contributed by atoms with Gasteiger partial charge in [0.1, 0.15) is 5.75 Å². The molecule has 4 aliphatic rings. The number of nitrogens with zero attached hydrogens (tertiary/aromatic N) is 2. The molecule has 3 fully saturated rings. The first-order valence-corrected chi connectivity index (χ1v) is 9.72. The molecule has 0 radical (unpaired) electrons. The Bertz CT molecular complexity index is 743. The summed E-state index contributed by atoms with van der Waals surface area (Å²) >= 11 is 0. The van der Waals surface area contributed by atoms with Crippen LogP contribution in [0.15, 0.2) is 18.2 Å². The normalized spacial score (nSPS) is 25.3. The van der Waals surface area contributed by atoms with Crippen LogP contribution in [0, 0.1) is 5.92 Å². The summed E-state index contributed by atoms with van der Waals surface area (Å²) in [6.07, 6.45) is 5.27. The molecule has 3 aliphatic heterocycles. The number of carbonyl (C=O) groups excluding carboxylic acids is 2. The fourth-order valence-electron chi connectivity index (χ4n) is 4.65. The minimum Gasteiger partial charge on any atom is -0.478 e. The van der Waals surface area contributed by atoms with Gasteiger partial charge >= 0.3 is 0 Å². The largest absolute Gasteiger partial charge is 0.478 e. The van der Waals surface area contributed by atoms with Crippen LogP contribution in [0.25, 0.3) is 0 Å². The Labute approximate surface area is 155 Å². The van der Waals surface area contributed by atoms with E-state index in [2.05, 4.69) is 12.1 Å². The zero-order chi connectivity index (χ0) is 18.5. The van der Waals surface area contributed by atoms with E-state index in [1.807, 2.05) is 36.8 Å². The maximum Gasteiger partial charge on any atom is 0.266 e. The second-order valence-corrected chi connectivity index (χ2v) is 8.48. The van der Waals surface area contributed by atoms with E-state index in [-0.39, 0.29) is 23.8 Å². The van der Waals surface area contributed by atoms with Crippen LogP contribution in [0.2, 0.25) is 0 Å². The summed E-state index contributed by atoms with van der Waals surface area (Å²) in [6, 6.07) is 6.31. The van der Waals surface area contributed by atoms with E-state index in [1.165, 1.54) is 17.5 Å². The minimum atomic E-state index is -0.946. The molecule has 0 aromatic heterocycles. The SMILES string of the molecule is CN1C(=O)[C@@H]2CC[C@H]1CN(C(=O)C(C)(C)Oc1ccc3c(c1)CCC3)C2. The lowest BCUT2D eigenvalue weighted by atomic mass is 9.95. The number of benzene rings is 1. The van der Waals surface area contributed by atoms with Crippen LogP contribution in [0.3, 0.4) is 0 Å². The van der Waals surface area contributed by atoms with E-state index >= 15 is 0 Å². The fraction of sp³-hybridized carbons (Fsp3) is 0.619. The van der Waals surface area contributed by atoms with Crippen molar-refractivity contribution in [3.05, 3.63) is 29.3 Å². The van der Waals surface area contributed by atoms with Crippen LogP contribution in [-0.4, -0.2) is 53.4 Å². The fourth-order valence-corrected chi connectivity index (χ4v) is 4.65. The summed E-state index contributed by atoms with van der Waals surface area (Å²) < 4.78 is 6.14. The molecule has 1 aromatic rings. The molecule has 5 rings (SSSR count). The summed E-state index contributed by atoms with van der Waals surface area (Å²) in [5, 5.41) is 0. The van der Waals surface area contributed by atoms with Crippen LogP contribution in [0.5, 0.6) is 5.75 Å². The molecule has 1 aliphatic carbocycles. The first-order valence-electron chi connectivity index (χ1n) is 9.72. The molecule has 2 bridgehead atoms. The number of hydrogen-bond donors (Lipinski definition) is 0. The van der Waals surface area contributed by atoms with E-state index in [9.17, 15) is 9.59 Å². The smallest absolute Gasteiger partial charge is 0.266 e. The lowest BCUT2D eigenvalue weighted by molar-refractivity contribution is -0.145. The van der Waals surface area contributed by atoms with E-state index < -0.39 is 5.60 Å². The number of carbonyl (C=O) groups is 2. The van der Waals surface area contributed by atoms with Crippen molar-refractivity contribution in [2.75, 3.05) is 20.1 Å². The highest BCUT2D eigenvalue weighted by Gasteiger charge is 2.43. The third-order valence-corrected chi connectivity index (χ3v) is 6.21. The van der Waals surface area contributed by atoms with E-state index in [0.29, 0.717) is 13.1 Å². The van der Waals surface area contributed by atoms with E-state index in [1.54, 1.807) is 0 Å². The Morgan fingerprint density at radius 3 is 2.73 bits per heavy atom. The molecule has 3 saturated heterocycles. The van der Waals surface area contributed by atoms with Gasteiger partial charge in [-0.2, -0.15) is 0 Å². The van der Waals surface area contributed by atoms with Crippen LogP contribution in [0.1, 0.15) is 44.2 Å². The van der Waals surface area contributed by atoms with Gasteiger partial charge in [0.2, 0.25) is 5.91 Å². The van der Waals surface area contributed by atoms with Gasteiger partial charge in [-0.05, 0) is 69.2 Å². The Kier molecular flexibility index (Phi) is 4.20. The molecule has 0 saturated carbocycles. The average Bonchev–Trinajstić information content (AvgIpc) is 2.90. The molecule has 0 unspecified atom stereocenters. The Balaban J connectivity index is 1.50. The lowest BCUT2D eigenvalue weighted by Crippen LogP contribution is -2.51. The van der Waals surface area contributed by atoms with Crippen molar-refractivity contribution >= 4 is 11.8 Å². The number of fused-ring (bicyclic) bond motifs is 5. The quantitative estimate of drug-likeness (QED) is 0.836. The van der Waals surface area contributed by atoms with Gasteiger partial charge in [-0.1, -0.05) is 6.07 Å². The third-order valence-electron chi connectivity index (χ3n) is 6.21. The molecule has 140 valence electrons. The second-order valence-electron chi connectivity index (χ2n) is 8.48. The molecule has 2 amide bonds. The lowest BCUT2D eigenvalue weighted by Gasteiger charge is -2.33. The standard InChI is InChI=1S/C21H28N2O3/c1-21(2,26-18-10-8-14-5-4-6-15(14)11-18)20(25)23-12-16-7-9-17(13-23)22(3)19(16)24/h8,10-11,16-17H,4-7,9,12-13H2,1-3H3/t16-,17+/m1/s1. The number of piperidine rings is 1.